The third kappa shape index (κ3) is 4.73. The van der Waals surface area contributed by atoms with Crippen LogP contribution in [-0.2, 0) is 7.05 Å². The first-order valence-corrected chi connectivity index (χ1v) is 15.1. The van der Waals surface area contributed by atoms with Crippen LogP contribution < -0.4 is 20.7 Å². The van der Waals surface area contributed by atoms with Gasteiger partial charge in [-0.05, 0) is 45.0 Å². The summed E-state index contributed by atoms with van der Waals surface area (Å²) >= 11 is 6.89. The molecule has 0 amide bonds. The number of piperazine rings is 1. The Labute approximate surface area is 261 Å². The van der Waals surface area contributed by atoms with E-state index in [0.29, 0.717) is 46.5 Å². The number of nitriles is 1. The molecule has 3 aliphatic heterocycles. The number of hydrogen-bond donors (Lipinski definition) is 2. The van der Waals surface area contributed by atoms with E-state index in [-0.39, 0.29) is 58.6 Å². The molecule has 4 atom stereocenters. The van der Waals surface area contributed by atoms with Crippen LogP contribution in [0.3, 0.4) is 0 Å². The van der Waals surface area contributed by atoms with Crippen LogP contribution in [0.4, 0.5) is 29.1 Å². The number of rotatable bonds is 5. The maximum absolute atomic E-state index is 17.0. The van der Waals surface area contributed by atoms with Gasteiger partial charge in [0, 0.05) is 66.4 Å². The van der Waals surface area contributed by atoms with Gasteiger partial charge in [0.15, 0.2) is 5.82 Å². The van der Waals surface area contributed by atoms with Crippen LogP contribution in [-0.4, -0.2) is 77.0 Å². The number of likely N-dealkylation sites (N-methyl/N-ethyl adjacent to an activating group) is 1. The lowest BCUT2D eigenvalue weighted by Gasteiger charge is -2.46. The number of nitrogens with zero attached hydrogens (tertiary/aromatic N) is 6. The fourth-order valence-electron chi connectivity index (χ4n) is 7.22. The summed E-state index contributed by atoms with van der Waals surface area (Å²) in [7, 11) is 3.41. The third-order valence-corrected chi connectivity index (χ3v) is 10.0. The van der Waals surface area contributed by atoms with E-state index < -0.39 is 24.0 Å². The van der Waals surface area contributed by atoms with Gasteiger partial charge in [-0.3, -0.25) is 4.90 Å². The number of nitrogen functional groups attached to an aromatic ring is 1. The van der Waals surface area contributed by atoms with E-state index >= 15 is 4.39 Å². The number of halogens is 5. The number of likely N-dealkylation sites (tertiary alicyclic amines) is 1. The number of alkyl halides is 3. The summed E-state index contributed by atoms with van der Waals surface area (Å²) in [4.78, 5) is 12.7. The van der Waals surface area contributed by atoms with Gasteiger partial charge in [-0.25, -0.2) is 4.39 Å². The number of aromatic nitrogens is 3. The number of nitrogens with one attached hydrogen (secondary N) is 1. The summed E-state index contributed by atoms with van der Waals surface area (Å²) in [5, 5.41) is 14.5. The Hall–Kier alpha value is -3.86. The molecular weight excluding hydrogens is 612 g/mol. The summed E-state index contributed by atoms with van der Waals surface area (Å²) in [6.45, 7) is 2.58. The van der Waals surface area contributed by atoms with Crippen LogP contribution in [0.1, 0.15) is 24.1 Å². The number of hydrogen-bond acceptors (Lipinski definition) is 8. The first-order chi connectivity index (χ1) is 21.4. The molecule has 5 heterocycles. The standard InChI is InChI=1S/C31H31ClF4N8O/c1-14-24(25-18(9-37)21(38)6-7-22(25)43(14)3)26-20(32)8-17-28(27(26)33)40-30(45-13-23-19(12-42(23)2)31(34,35)36)41-29(17)44-10-15-4-5-16(11-44)39-15/h6-8,15-16,19,23,39H,4-5,10-13,38H2,1-3H3/t15?,16?,19-,23-/m1/s1. The second-order valence-electron chi connectivity index (χ2n) is 12.3. The van der Waals surface area contributed by atoms with E-state index in [1.54, 1.807) is 37.1 Å². The summed E-state index contributed by atoms with van der Waals surface area (Å²) < 4.78 is 65.3. The molecule has 2 aromatic carbocycles. The van der Waals surface area contributed by atoms with Crippen LogP contribution in [0.5, 0.6) is 6.01 Å². The number of fused-ring (bicyclic) bond motifs is 4. The maximum atomic E-state index is 17.0. The van der Waals surface area contributed by atoms with Crippen LogP contribution in [0.25, 0.3) is 32.9 Å². The van der Waals surface area contributed by atoms with E-state index in [1.807, 2.05) is 16.5 Å². The predicted molar refractivity (Wildman–Crippen MR) is 164 cm³/mol. The molecule has 14 heteroatoms. The summed E-state index contributed by atoms with van der Waals surface area (Å²) in [6, 6.07) is 6.49. The lowest BCUT2D eigenvalue weighted by atomic mass is 9.89. The number of ether oxygens (including phenoxy) is 1. The molecule has 9 nitrogen and oxygen atoms in total. The Morgan fingerprint density at radius 2 is 1.84 bits per heavy atom. The number of anilines is 2. The van der Waals surface area contributed by atoms with E-state index in [4.69, 9.17) is 22.1 Å². The molecule has 3 fully saturated rings. The van der Waals surface area contributed by atoms with Crippen molar-refractivity contribution in [1.82, 2.24) is 24.8 Å². The number of nitrogens with two attached hydrogens (primary N) is 1. The highest BCUT2D eigenvalue weighted by atomic mass is 35.5. The van der Waals surface area contributed by atoms with Gasteiger partial charge in [-0.2, -0.15) is 28.4 Å². The van der Waals surface area contributed by atoms with Crippen molar-refractivity contribution in [1.29, 1.82) is 5.26 Å². The van der Waals surface area contributed by atoms with Crippen molar-refractivity contribution in [2.45, 2.75) is 44.1 Å². The van der Waals surface area contributed by atoms with Crippen LogP contribution >= 0.6 is 11.6 Å². The summed E-state index contributed by atoms with van der Waals surface area (Å²) in [5.74, 6) is -1.88. The molecule has 0 saturated carbocycles. The van der Waals surface area contributed by atoms with Gasteiger partial charge in [-0.1, -0.05) is 11.6 Å². The normalized spacial score (nSPS) is 23.5. The molecule has 2 unspecified atom stereocenters. The van der Waals surface area contributed by atoms with Crippen molar-refractivity contribution < 1.29 is 22.3 Å². The van der Waals surface area contributed by atoms with E-state index in [2.05, 4.69) is 21.4 Å². The zero-order valence-corrected chi connectivity index (χ0v) is 25.6. The Balaban J connectivity index is 1.40. The zero-order chi connectivity index (χ0) is 31.9. The molecule has 2 aromatic heterocycles. The van der Waals surface area contributed by atoms with E-state index in [9.17, 15) is 18.4 Å². The van der Waals surface area contributed by atoms with Crippen molar-refractivity contribution in [3.8, 4) is 23.2 Å². The molecule has 236 valence electrons. The van der Waals surface area contributed by atoms with Crippen molar-refractivity contribution in [2.24, 2.45) is 13.0 Å². The fourth-order valence-corrected chi connectivity index (χ4v) is 7.51. The molecule has 3 N–H and O–H groups in total. The number of benzene rings is 2. The number of aryl methyl sites for hydroxylation is 1. The molecule has 45 heavy (non-hydrogen) atoms. The SMILES string of the molecule is Cc1c(-c2c(Cl)cc3c(N4CC5CCC(C4)N5)nc(OC[C@@H]4[C@H](C(F)(F)F)CN4C)nc3c2F)c2c(C#N)c(N)ccc2n1C. The van der Waals surface area contributed by atoms with Crippen LogP contribution in [0.2, 0.25) is 5.02 Å². The highest BCUT2D eigenvalue weighted by molar-refractivity contribution is 6.35. The molecule has 7 rings (SSSR count). The zero-order valence-electron chi connectivity index (χ0n) is 24.8. The second kappa shape index (κ2) is 10.6. The predicted octanol–water partition coefficient (Wildman–Crippen LogP) is 5.16. The fraction of sp³-hybridized carbons (Fsp3) is 0.452. The first kappa shape index (κ1) is 29.8. The Bertz CT molecular complexity index is 1890. The highest BCUT2D eigenvalue weighted by Crippen LogP contribution is 2.45. The third-order valence-electron chi connectivity index (χ3n) is 9.73. The monoisotopic (exact) mass is 642 g/mol. The topological polar surface area (TPSA) is 108 Å². The lowest BCUT2D eigenvalue weighted by molar-refractivity contribution is -0.230. The minimum atomic E-state index is -4.37. The molecule has 0 spiro atoms. The smallest absolute Gasteiger partial charge is 0.394 e. The molecule has 4 aromatic rings. The Morgan fingerprint density at radius 3 is 2.49 bits per heavy atom. The second-order valence-corrected chi connectivity index (χ2v) is 12.7. The lowest BCUT2D eigenvalue weighted by Crippen LogP contribution is -2.61. The maximum Gasteiger partial charge on any atom is 0.394 e. The van der Waals surface area contributed by atoms with Gasteiger partial charge in [0.2, 0.25) is 0 Å². The van der Waals surface area contributed by atoms with Crippen molar-refractivity contribution in [2.75, 3.05) is 43.9 Å². The van der Waals surface area contributed by atoms with Crippen molar-refractivity contribution >= 4 is 44.9 Å². The highest BCUT2D eigenvalue weighted by Gasteiger charge is 2.53. The van der Waals surface area contributed by atoms with Gasteiger partial charge in [0.1, 0.15) is 24.0 Å². The molecular formula is C31H31ClF4N8O. The molecule has 3 saturated heterocycles. The molecule has 0 aliphatic carbocycles. The van der Waals surface area contributed by atoms with Gasteiger partial charge in [-0.15, -0.1) is 0 Å². The van der Waals surface area contributed by atoms with Crippen molar-refractivity contribution in [3.63, 3.8) is 0 Å². The van der Waals surface area contributed by atoms with Gasteiger partial charge in [0.25, 0.3) is 0 Å². The largest absolute Gasteiger partial charge is 0.462 e. The van der Waals surface area contributed by atoms with Gasteiger partial charge < -0.3 is 25.3 Å². The van der Waals surface area contributed by atoms with E-state index in [1.165, 1.54) is 0 Å². The average molecular weight is 643 g/mol. The average Bonchev–Trinajstić information content (AvgIpc) is 3.45. The van der Waals surface area contributed by atoms with Crippen LogP contribution in [0, 0.1) is 30.0 Å². The minimum Gasteiger partial charge on any atom is -0.462 e. The molecule has 0 radical (unpaired) electrons. The van der Waals surface area contributed by atoms with E-state index in [0.717, 1.165) is 12.8 Å². The summed E-state index contributed by atoms with van der Waals surface area (Å²) in [6.07, 6.45) is -2.38. The molecule has 3 aliphatic rings. The van der Waals surface area contributed by atoms with Gasteiger partial charge in [0.05, 0.1) is 33.7 Å². The van der Waals surface area contributed by atoms with Crippen LogP contribution in [0.15, 0.2) is 18.2 Å². The Morgan fingerprint density at radius 1 is 1.13 bits per heavy atom. The molecule has 2 bridgehead atoms. The first-order valence-electron chi connectivity index (χ1n) is 14.8. The van der Waals surface area contributed by atoms with Gasteiger partial charge >= 0.3 is 12.2 Å². The quantitative estimate of drug-likeness (QED) is 0.227. The van der Waals surface area contributed by atoms with Crippen molar-refractivity contribution in [3.05, 3.63) is 40.3 Å². The minimum absolute atomic E-state index is 0.0428. The Kier molecular flexibility index (Phi) is 7.03. The summed E-state index contributed by atoms with van der Waals surface area (Å²) in [5.41, 5.74) is 8.32.